The Hall–Kier alpha value is -3.32. The third-order valence-corrected chi connectivity index (χ3v) is 7.54. The summed E-state index contributed by atoms with van der Waals surface area (Å²) in [6.45, 7) is 8.25. The molecule has 1 heterocycles. The summed E-state index contributed by atoms with van der Waals surface area (Å²) in [7, 11) is -3.86. The van der Waals surface area contributed by atoms with Crippen LogP contribution < -0.4 is 4.72 Å². The average molecular weight is 494 g/mol. The number of aryl methyl sites for hydroxylation is 1. The average Bonchev–Trinajstić information content (AvgIpc) is 3.17. The molecule has 1 N–H and O–H groups in total. The number of rotatable bonds is 9. The highest BCUT2D eigenvalue weighted by molar-refractivity contribution is 7.92. The second-order valence-corrected chi connectivity index (χ2v) is 10.7. The minimum absolute atomic E-state index is 0.171. The van der Waals surface area contributed by atoms with Gasteiger partial charge in [0.25, 0.3) is 10.0 Å². The number of hydrogen-bond acceptors (Lipinski definition) is 5. The van der Waals surface area contributed by atoms with E-state index in [-0.39, 0.29) is 4.90 Å². The molecule has 3 aromatic carbocycles. The summed E-state index contributed by atoms with van der Waals surface area (Å²) < 4.78 is 40.7. The normalized spacial score (nSPS) is 11.9. The fourth-order valence-electron chi connectivity index (χ4n) is 4.20. The monoisotopic (exact) mass is 493 g/mol. The predicted octanol–water partition coefficient (Wildman–Crippen LogP) is 7.17. The predicted molar refractivity (Wildman–Crippen MR) is 140 cm³/mol. The zero-order chi connectivity index (χ0) is 25.2. The number of unbranched alkanes of at least 4 members (excludes halogenated alkanes) is 2. The van der Waals surface area contributed by atoms with E-state index in [1.165, 1.54) is 0 Å². The van der Waals surface area contributed by atoms with Crippen LogP contribution in [0.15, 0.2) is 63.9 Å². The molecular formula is C28H31NO5S. The van der Waals surface area contributed by atoms with Gasteiger partial charge in [-0.3, -0.25) is 4.72 Å². The summed E-state index contributed by atoms with van der Waals surface area (Å²) in [6, 6.07) is 15.9. The first-order valence-corrected chi connectivity index (χ1v) is 13.5. The largest absolute Gasteiger partial charge is 0.462 e. The molecule has 0 atom stereocenters. The second kappa shape index (κ2) is 10.1. The van der Waals surface area contributed by atoms with Crippen molar-refractivity contribution in [3.05, 3.63) is 71.5 Å². The lowest BCUT2D eigenvalue weighted by molar-refractivity contribution is 0.0498. The molecular weight excluding hydrogens is 462 g/mol. The summed E-state index contributed by atoms with van der Waals surface area (Å²) in [5.74, 6) is 0.274. The van der Waals surface area contributed by atoms with E-state index in [1.54, 1.807) is 25.1 Å². The van der Waals surface area contributed by atoms with Crippen LogP contribution in [0.1, 0.15) is 67.6 Å². The number of fused-ring (bicyclic) bond motifs is 3. The first-order valence-electron chi connectivity index (χ1n) is 12.0. The van der Waals surface area contributed by atoms with E-state index in [4.69, 9.17) is 9.15 Å². The maximum atomic E-state index is 13.3. The van der Waals surface area contributed by atoms with Crippen molar-refractivity contribution < 1.29 is 22.4 Å². The van der Waals surface area contributed by atoms with Crippen LogP contribution in [0.4, 0.5) is 5.69 Å². The van der Waals surface area contributed by atoms with Gasteiger partial charge in [0.05, 0.1) is 17.2 Å². The lowest BCUT2D eigenvalue weighted by Crippen LogP contribution is -2.13. The Kier molecular flexibility index (Phi) is 7.17. The van der Waals surface area contributed by atoms with Gasteiger partial charge in [-0.15, -0.1) is 0 Å². The summed E-state index contributed by atoms with van der Waals surface area (Å²) in [5.41, 5.74) is 2.29. The van der Waals surface area contributed by atoms with Crippen molar-refractivity contribution >= 4 is 43.4 Å². The Bertz CT molecular complexity index is 1470. The summed E-state index contributed by atoms with van der Waals surface area (Å²) in [4.78, 5) is 13.1. The molecule has 0 saturated carbocycles. The quantitative estimate of drug-likeness (QED) is 0.197. The molecule has 4 rings (SSSR count). The smallest absolute Gasteiger partial charge is 0.342 e. The van der Waals surface area contributed by atoms with Crippen LogP contribution >= 0.6 is 0 Å². The summed E-state index contributed by atoms with van der Waals surface area (Å²) in [6.07, 6.45) is 2.80. The first-order chi connectivity index (χ1) is 16.7. The Morgan fingerprint density at radius 2 is 1.69 bits per heavy atom. The summed E-state index contributed by atoms with van der Waals surface area (Å²) in [5, 5.41) is 1.92. The molecule has 0 fully saturated rings. The number of nitrogens with one attached hydrogen (secondary N) is 1. The maximum absolute atomic E-state index is 13.3. The van der Waals surface area contributed by atoms with Crippen molar-refractivity contribution in [2.24, 2.45) is 0 Å². The molecule has 0 bridgehead atoms. The zero-order valence-corrected chi connectivity index (χ0v) is 21.4. The van der Waals surface area contributed by atoms with E-state index < -0.39 is 16.0 Å². The molecule has 184 valence electrons. The van der Waals surface area contributed by atoms with Gasteiger partial charge in [0.15, 0.2) is 0 Å². The molecule has 0 spiro atoms. The van der Waals surface area contributed by atoms with Crippen molar-refractivity contribution in [3.8, 4) is 0 Å². The van der Waals surface area contributed by atoms with Gasteiger partial charge in [0.2, 0.25) is 0 Å². The van der Waals surface area contributed by atoms with Crippen molar-refractivity contribution in [2.45, 2.75) is 57.8 Å². The van der Waals surface area contributed by atoms with E-state index in [9.17, 15) is 13.2 Å². The number of benzene rings is 3. The number of esters is 1. The highest BCUT2D eigenvalue weighted by atomic mass is 32.2. The Morgan fingerprint density at radius 3 is 2.34 bits per heavy atom. The molecule has 0 aliphatic rings. The Labute approximate surface area is 206 Å². The minimum Gasteiger partial charge on any atom is -0.462 e. The minimum atomic E-state index is -3.86. The Balaban J connectivity index is 1.77. The summed E-state index contributed by atoms with van der Waals surface area (Å²) >= 11 is 0. The second-order valence-electron chi connectivity index (χ2n) is 9.05. The van der Waals surface area contributed by atoms with Crippen molar-refractivity contribution in [2.75, 3.05) is 11.3 Å². The van der Waals surface area contributed by atoms with Crippen molar-refractivity contribution in [1.29, 1.82) is 0 Å². The van der Waals surface area contributed by atoms with E-state index >= 15 is 0 Å². The first kappa shape index (κ1) is 24.8. The SMILES string of the molecule is CCCCCOC(=O)c1c(C)oc2c1cc(NS(=O)(=O)c1ccc(C(C)C)cc1)c1ccccc12. The van der Waals surface area contributed by atoms with E-state index in [0.717, 1.165) is 24.8 Å². The number of hydrogen-bond donors (Lipinski definition) is 1. The van der Waals surface area contributed by atoms with E-state index in [0.29, 0.717) is 51.3 Å². The third kappa shape index (κ3) is 5.05. The van der Waals surface area contributed by atoms with Crippen LogP contribution in [0.2, 0.25) is 0 Å². The molecule has 7 heteroatoms. The molecule has 0 saturated heterocycles. The van der Waals surface area contributed by atoms with Crippen molar-refractivity contribution in [3.63, 3.8) is 0 Å². The molecule has 6 nitrogen and oxygen atoms in total. The number of sulfonamides is 1. The molecule has 35 heavy (non-hydrogen) atoms. The van der Waals surface area contributed by atoms with E-state index in [1.807, 2.05) is 36.4 Å². The van der Waals surface area contributed by atoms with Crippen LogP contribution in [0.25, 0.3) is 21.7 Å². The van der Waals surface area contributed by atoms with Gasteiger partial charge in [-0.2, -0.15) is 0 Å². The number of furan rings is 1. The Morgan fingerprint density at radius 1 is 1.00 bits per heavy atom. The molecule has 1 aromatic heterocycles. The molecule has 0 unspecified atom stereocenters. The van der Waals surface area contributed by atoms with Crippen LogP contribution in [-0.4, -0.2) is 21.0 Å². The maximum Gasteiger partial charge on any atom is 0.342 e. The zero-order valence-electron chi connectivity index (χ0n) is 20.6. The topological polar surface area (TPSA) is 85.6 Å². The van der Waals surface area contributed by atoms with Gasteiger partial charge in [-0.25, -0.2) is 13.2 Å². The van der Waals surface area contributed by atoms with Crippen molar-refractivity contribution in [1.82, 2.24) is 0 Å². The number of carbonyl (C=O) groups excluding carboxylic acids is 1. The fourth-order valence-corrected chi connectivity index (χ4v) is 5.27. The molecule has 4 aromatic rings. The van der Waals surface area contributed by atoms with Crippen LogP contribution in [0.5, 0.6) is 0 Å². The fraction of sp³-hybridized carbons (Fsp3) is 0.321. The highest BCUT2D eigenvalue weighted by Gasteiger charge is 2.24. The standard InChI is InChI=1S/C28H31NO5S/c1-5-6-9-16-33-28(30)26-19(4)34-27-23-11-8-7-10-22(23)25(17-24(26)27)29-35(31,32)21-14-12-20(13-15-21)18(2)3/h7-8,10-15,17-18,29H,5-6,9,16H2,1-4H3. The molecule has 0 aliphatic heterocycles. The van der Waals surface area contributed by atoms with Crippen LogP contribution in [-0.2, 0) is 14.8 Å². The van der Waals surface area contributed by atoms with Crippen LogP contribution in [0.3, 0.4) is 0 Å². The number of carbonyl (C=O) groups is 1. The van der Waals surface area contributed by atoms with Gasteiger partial charge in [-0.1, -0.05) is 70.0 Å². The molecule has 0 radical (unpaired) electrons. The van der Waals surface area contributed by atoms with Gasteiger partial charge in [-0.05, 0) is 43.0 Å². The molecule has 0 amide bonds. The lowest BCUT2D eigenvalue weighted by Gasteiger charge is -2.13. The highest BCUT2D eigenvalue weighted by Crippen LogP contribution is 2.37. The lowest BCUT2D eigenvalue weighted by atomic mass is 10.0. The van der Waals surface area contributed by atoms with Crippen LogP contribution in [0, 0.1) is 6.92 Å². The number of ether oxygens (including phenoxy) is 1. The van der Waals surface area contributed by atoms with E-state index in [2.05, 4.69) is 25.5 Å². The van der Waals surface area contributed by atoms with Gasteiger partial charge >= 0.3 is 5.97 Å². The number of anilines is 1. The third-order valence-electron chi connectivity index (χ3n) is 6.16. The van der Waals surface area contributed by atoms with Gasteiger partial charge in [0.1, 0.15) is 16.9 Å². The van der Waals surface area contributed by atoms with Gasteiger partial charge < -0.3 is 9.15 Å². The molecule has 0 aliphatic carbocycles. The van der Waals surface area contributed by atoms with Gasteiger partial charge in [0, 0.05) is 16.2 Å².